The highest BCUT2D eigenvalue weighted by Crippen LogP contribution is 2.27. The van der Waals surface area contributed by atoms with Crippen molar-refractivity contribution in [2.24, 2.45) is 17.6 Å². The monoisotopic (exact) mass is 275 g/mol. The third-order valence-electron chi connectivity index (χ3n) is 3.94. The van der Waals surface area contributed by atoms with E-state index in [-0.39, 0.29) is 24.4 Å². The van der Waals surface area contributed by atoms with Crippen LogP contribution in [0.2, 0.25) is 0 Å². The van der Waals surface area contributed by atoms with Crippen LogP contribution in [0.5, 0.6) is 0 Å². The highest BCUT2D eigenvalue weighted by atomic mass is 35.5. The number of likely N-dealkylation sites (tertiary alicyclic amines) is 1. The number of halogens is 1. The lowest BCUT2D eigenvalue weighted by molar-refractivity contribution is -0.122. The Hall–Kier alpha value is -0.320. The van der Waals surface area contributed by atoms with Crippen molar-refractivity contribution < 1.29 is 4.79 Å². The Morgan fingerprint density at radius 3 is 2.78 bits per heavy atom. The van der Waals surface area contributed by atoms with Gasteiger partial charge in [0.05, 0.1) is 6.54 Å². The predicted molar refractivity (Wildman–Crippen MR) is 75.8 cm³/mol. The van der Waals surface area contributed by atoms with Gasteiger partial charge in [0, 0.05) is 19.1 Å². The van der Waals surface area contributed by atoms with Gasteiger partial charge in [0.1, 0.15) is 0 Å². The van der Waals surface area contributed by atoms with E-state index in [1.165, 1.54) is 25.7 Å². The van der Waals surface area contributed by atoms with Crippen LogP contribution in [-0.2, 0) is 4.79 Å². The molecule has 0 bridgehead atoms. The number of hydrogen-bond acceptors (Lipinski definition) is 3. The standard InChI is InChI=1S/C13H25N3O.ClH/c1-10(14)12-3-2-6-16(8-12)9-13(17)15-7-11-4-5-11;/h10-12H,2-9,14H2,1H3,(H,15,17);1H. The van der Waals surface area contributed by atoms with Crippen molar-refractivity contribution in [2.45, 2.75) is 38.6 Å². The lowest BCUT2D eigenvalue weighted by Crippen LogP contribution is -2.46. The van der Waals surface area contributed by atoms with Crippen LogP contribution >= 0.6 is 12.4 Å². The minimum absolute atomic E-state index is 0. The summed E-state index contributed by atoms with van der Waals surface area (Å²) in [5, 5.41) is 3.02. The minimum Gasteiger partial charge on any atom is -0.355 e. The van der Waals surface area contributed by atoms with Gasteiger partial charge in [0.15, 0.2) is 0 Å². The number of rotatable bonds is 5. The Balaban J connectivity index is 0.00000162. The Morgan fingerprint density at radius 1 is 1.44 bits per heavy atom. The van der Waals surface area contributed by atoms with Gasteiger partial charge in [0.25, 0.3) is 0 Å². The maximum atomic E-state index is 11.7. The third-order valence-corrected chi connectivity index (χ3v) is 3.94. The lowest BCUT2D eigenvalue weighted by Gasteiger charge is -2.34. The van der Waals surface area contributed by atoms with E-state index in [0.29, 0.717) is 12.5 Å². The Kier molecular flexibility index (Phi) is 6.39. The number of hydrogen-bond donors (Lipinski definition) is 2. The second kappa shape index (κ2) is 7.31. The van der Waals surface area contributed by atoms with Crippen molar-refractivity contribution in [1.29, 1.82) is 0 Å². The second-order valence-electron chi connectivity index (χ2n) is 5.74. The molecule has 1 aliphatic heterocycles. The maximum Gasteiger partial charge on any atom is 0.234 e. The fourth-order valence-corrected chi connectivity index (χ4v) is 2.50. The number of carbonyl (C=O) groups is 1. The average Bonchev–Trinajstić information content (AvgIpc) is 3.10. The molecule has 4 nitrogen and oxygen atoms in total. The van der Waals surface area contributed by atoms with Crippen LogP contribution in [0.3, 0.4) is 0 Å². The van der Waals surface area contributed by atoms with E-state index in [1.54, 1.807) is 0 Å². The Bertz CT molecular complexity index is 269. The molecule has 18 heavy (non-hydrogen) atoms. The molecule has 2 rings (SSSR count). The van der Waals surface area contributed by atoms with Crippen molar-refractivity contribution >= 4 is 18.3 Å². The number of nitrogens with one attached hydrogen (secondary N) is 1. The van der Waals surface area contributed by atoms with Crippen LogP contribution in [0.1, 0.15) is 32.6 Å². The molecule has 0 aromatic heterocycles. The Labute approximate surface area is 116 Å². The van der Waals surface area contributed by atoms with E-state index in [9.17, 15) is 4.79 Å². The minimum atomic E-state index is 0. The van der Waals surface area contributed by atoms with E-state index in [2.05, 4.69) is 17.1 Å². The van der Waals surface area contributed by atoms with Crippen LogP contribution in [0, 0.1) is 11.8 Å². The first-order valence-corrected chi connectivity index (χ1v) is 6.90. The van der Waals surface area contributed by atoms with E-state index in [1.807, 2.05) is 0 Å². The van der Waals surface area contributed by atoms with Gasteiger partial charge in [-0.05, 0) is 51.0 Å². The molecule has 2 atom stereocenters. The van der Waals surface area contributed by atoms with E-state index in [0.717, 1.165) is 25.6 Å². The van der Waals surface area contributed by atoms with Crippen molar-refractivity contribution in [2.75, 3.05) is 26.2 Å². The maximum absolute atomic E-state index is 11.7. The first-order chi connectivity index (χ1) is 8.15. The Morgan fingerprint density at radius 2 is 2.17 bits per heavy atom. The van der Waals surface area contributed by atoms with Crippen LogP contribution in [0.15, 0.2) is 0 Å². The van der Waals surface area contributed by atoms with Gasteiger partial charge in [0.2, 0.25) is 5.91 Å². The number of piperidine rings is 1. The molecular weight excluding hydrogens is 250 g/mol. The van der Waals surface area contributed by atoms with Crippen molar-refractivity contribution in [3.05, 3.63) is 0 Å². The van der Waals surface area contributed by atoms with Gasteiger partial charge in [-0.3, -0.25) is 9.69 Å². The highest BCUT2D eigenvalue weighted by molar-refractivity contribution is 5.85. The van der Waals surface area contributed by atoms with Crippen molar-refractivity contribution in [3.8, 4) is 0 Å². The number of carbonyl (C=O) groups excluding carboxylic acids is 1. The molecule has 1 heterocycles. The zero-order valence-corrected chi connectivity index (χ0v) is 12.0. The van der Waals surface area contributed by atoms with Gasteiger partial charge in [-0.25, -0.2) is 0 Å². The van der Waals surface area contributed by atoms with Crippen molar-refractivity contribution in [3.63, 3.8) is 0 Å². The van der Waals surface area contributed by atoms with Crippen molar-refractivity contribution in [1.82, 2.24) is 10.2 Å². The lowest BCUT2D eigenvalue weighted by atomic mass is 9.92. The largest absolute Gasteiger partial charge is 0.355 e. The van der Waals surface area contributed by atoms with E-state index >= 15 is 0 Å². The molecule has 0 aromatic carbocycles. The molecule has 3 N–H and O–H groups in total. The smallest absolute Gasteiger partial charge is 0.234 e. The van der Waals surface area contributed by atoms with Crippen LogP contribution in [0.4, 0.5) is 0 Å². The summed E-state index contributed by atoms with van der Waals surface area (Å²) in [5.41, 5.74) is 5.94. The summed E-state index contributed by atoms with van der Waals surface area (Å²) >= 11 is 0. The van der Waals surface area contributed by atoms with E-state index in [4.69, 9.17) is 5.73 Å². The molecule has 106 valence electrons. The fourth-order valence-electron chi connectivity index (χ4n) is 2.50. The van der Waals surface area contributed by atoms with Gasteiger partial charge >= 0.3 is 0 Å². The molecule has 2 fully saturated rings. The molecule has 1 saturated heterocycles. The van der Waals surface area contributed by atoms with E-state index < -0.39 is 0 Å². The average molecular weight is 276 g/mol. The molecule has 5 heteroatoms. The van der Waals surface area contributed by atoms with Gasteiger partial charge in [-0.2, -0.15) is 0 Å². The third kappa shape index (κ3) is 5.12. The van der Waals surface area contributed by atoms with Crippen LogP contribution in [-0.4, -0.2) is 43.0 Å². The van der Waals surface area contributed by atoms with Gasteiger partial charge in [-0.15, -0.1) is 12.4 Å². The zero-order valence-electron chi connectivity index (χ0n) is 11.2. The summed E-state index contributed by atoms with van der Waals surface area (Å²) < 4.78 is 0. The second-order valence-corrected chi connectivity index (χ2v) is 5.74. The summed E-state index contributed by atoms with van der Waals surface area (Å²) in [6, 6.07) is 0.243. The van der Waals surface area contributed by atoms with Gasteiger partial charge < -0.3 is 11.1 Å². The molecule has 0 aromatic rings. The fraction of sp³-hybridized carbons (Fsp3) is 0.923. The molecule has 0 radical (unpaired) electrons. The number of amides is 1. The SMILES string of the molecule is CC(N)C1CCCN(CC(=O)NCC2CC2)C1.Cl. The number of nitrogens with two attached hydrogens (primary N) is 1. The summed E-state index contributed by atoms with van der Waals surface area (Å²) in [4.78, 5) is 14.0. The summed E-state index contributed by atoms with van der Waals surface area (Å²) in [5.74, 6) is 1.50. The molecular formula is C13H26ClN3O. The zero-order chi connectivity index (χ0) is 12.3. The van der Waals surface area contributed by atoms with Crippen LogP contribution in [0.25, 0.3) is 0 Å². The number of nitrogens with zero attached hydrogens (tertiary/aromatic N) is 1. The first kappa shape index (κ1) is 15.7. The topological polar surface area (TPSA) is 58.4 Å². The summed E-state index contributed by atoms with van der Waals surface area (Å²) in [7, 11) is 0. The molecule has 2 aliphatic rings. The molecule has 1 amide bonds. The molecule has 1 saturated carbocycles. The quantitative estimate of drug-likeness (QED) is 0.787. The first-order valence-electron chi connectivity index (χ1n) is 6.90. The van der Waals surface area contributed by atoms with Gasteiger partial charge in [-0.1, -0.05) is 0 Å². The molecule has 1 aliphatic carbocycles. The highest BCUT2D eigenvalue weighted by Gasteiger charge is 2.25. The van der Waals surface area contributed by atoms with Crippen LogP contribution < -0.4 is 11.1 Å². The summed E-state index contributed by atoms with van der Waals surface area (Å²) in [6.07, 6.45) is 4.95. The summed E-state index contributed by atoms with van der Waals surface area (Å²) in [6.45, 7) is 5.52. The molecule has 0 spiro atoms. The normalized spacial score (nSPS) is 26.2. The predicted octanol–water partition coefficient (Wildman–Crippen LogP) is 0.994. The molecule has 2 unspecified atom stereocenters.